The highest BCUT2D eigenvalue weighted by Gasteiger charge is 2.39. The van der Waals surface area contributed by atoms with Crippen LogP contribution in [0.2, 0.25) is 0 Å². The topological polar surface area (TPSA) is 74.7 Å². The Bertz CT molecular complexity index is 401. The van der Waals surface area contributed by atoms with Crippen LogP contribution >= 0.6 is 0 Å². The molecule has 2 atom stereocenters. The monoisotopic (exact) mass is 247 g/mol. The van der Waals surface area contributed by atoms with Crippen molar-refractivity contribution in [3.63, 3.8) is 0 Å². The highest BCUT2D eigenvalue weighted by atomic mass is 32.2. The van der Waals surface area contributed by atoms with Crippen LogP contribution in [0.3, 0.4) is 0 Å². The number of hydrogen-bond acceptors (Lipinski definition) is 3. The molecule has 0 unspecified atom stereocenters. The lowest BCUT2D eigenvalue weighted by Gasteiger charge is -2.15. The van der Waals surface area contributed by atoms with Gasteiger partial charge in [-0.05, 0) is 12.8 Å². The zero-order chi connectivity index (χ0) is 12.5. The molecule has 1 saturated heterocycles. The summed E-state index contributed by atoms with van der Waals surface area (Å²) in [7, 11) is -3.39. The molecule has 6 heteroatoms. The van der Waals surface area contributed by atoms with Gasteiger partial charge in [-0.1, -0.05) is 19.1 Å². The Morgan fingerprint density at radius 1 is 1.50 bits per heavy atom. The second kappa shape index (κ2) is 4.55. The zero-order valence-electron chi connectivity index (χ0n) is 9.51. The third-order valence-electron chi connectivity index (χ3n) is 2.72. The Labute approximate surface area is 95.8 Å². The number of carboxylic acid groups (broad SMARTS) is 1. The minimum absolute atomic E-state index is 0.0755. The van der Waals surface area contributed by atoms with Crippen LogP contribution in [0.4, 0.5) is 0 Å². The van der Waals surface area contributed by atoms with Crippen LogP contribution in [0.5, 0.6) is 0 Å². The highest BCUT2D eigenvalue weighted by molar-refractivity contribution is 7.89. The summed E-state index contributed by atoms with van der Waals surface area (Å²) < 4.78 is 24.9. The van der Waals surface area contributed by atoms with E-state index < -0.39 is 21.9 Å². The molecule has 0 radical (unpaired) electrons. The van der Waals surface area contributed by atoms with E-state index in [-0.39, 0.29) is 24.8 Å². The van der Waals surface area contributed by atoms with Crippen molar-refractivity contribution in [2.75, 3.05) is 18.8 Å². The second-order valence-electron chi connectivity index (χ2n) is 4.45. The van der Waals surface area contributed by atoms with Gasteiger partial charge in [0.25, 0.3) is 0 Å². The standard InChI is InChI=1S/C10H17NO4S/c1-7(2)6-16(14,15)11-4-8(3)9(5-11)10(12)13/h8-9H,1,4-6H2,2-3H3,(H,12,13)/t8-,9-/m1/s1. The maximum absolute atomic E-state index is 11.8. The van der Waals surface area contributed by atoms with Crippen LogP contribution in [0.1, 0.15) is 13.8 Å². The minimum atomic E-state index is -3.39. The molecule has 1 aliphatic rings. The quantitative estimate of drug-likeness (QED) is 0.736. The summed E-state index contributed by atoms with van der Waals surface area (Å²) >= 11 is 0. The summed E-state index contributed by atoms with van der Waals surface area (Å²) in [5, 5.41) is 8.91. The summed E-state index contributed by atoms with van der Waals surface area (Å²) in [4.78, 5) is 10.9. The van der Waals surface area contributed by atoms with Crippen LogP contribution in [0.15, 0.2) is 12.2 Å². The van der Waals surface area contributed by atoms with Gasteiger partial charge in [-0.15, -0.1) is 0 Å². The van der Waals surface area contributed by atoms with Crippen molar-refractivity contribution in [1.82, 2.24) is 4.31 Å². The lowest BCUT2D eigenvalue weighted by atomic mass is 9.99. The van der Waals surface area contributed by atoms with E-state index in [4.69, 9.17) is 5.11 Å². The van der Waals surface area contributed by atoms with Crippen molar-refractivity contribution in [3.8, 4) is 0 Å². The normalized spacial score (nSPS) is 26.9. The fourth-order valence-electron chi connectivity index (χ4n) is 1.87. The molecule has 0 spiro atoms. The van der Waals surface area contributed by atoms with Gasteiger partial charge in [-0.3, -0.25) is 4.79 Å². The van der Waals surface area contributed by atoms with Crippen LogP contribution in [0, 0.1) is 11.8 Å². The van der Waals surface area contributed by atoms with E-state index in [2.05, 4.69) is 6.58 Å². The van der Waals surface area contributed by atoms with E-state index in [1.165, 1.54) is 4.31 Å². The van der Waals surface area contributed by atoms with Crippen molar-refractivity contribution in [1.29, 1.82) is 0 Å². The predicted molar refractivity (Wildman–Crippen MR) is 60.5 cm³/mol. The number of sulfonamides is 1. The molecule has 1 N–H and O–H groups in total. The molecule has 0 aromatic carbocycles. The summed E-state index contributed by atoms with van der Waals surface area (Å²) in [6.07, 6.45) is 0. The van der Waals surface area contributed by atoms with Crippen molar-refractivity contribution >= 4 is 16.0 Å². The maximum atomic E-state index is 11.8. The Balaban J connectivity index is 2.79. The molecule has 1 fully saturated rings. The van der Waals surface area contributed by atoms with Gasteiger partial charge in [-0.2, -0.15) is 0 Å². The van der Waals surface area contributed by atoms with Crippen LogP contribution < -0.4 is 0 Å². The second-order valence-corrected chi connectivity index (χ2v) is 6.42. The first-order valence-electron chi connectivity index (χ1n) is 5.09. The van der Waals surface area contributed by atoms with E-state index >= 15 is 0 Å². The number of aliphatic carboxylic acids is 1. The minimum Gasteiger partial charge on any atom is -0.481 e. The van der Waals surface area contributed by atoms with Gasteiger partial charge in [0.1, 0.15) is 0 Å². The summed E-state index contributed by atoms with van der Waals surface area (Å²) in [5.74, 6) is -1.77. The Morgan fingerprint density at radius 3 is 2.44 bits per heavy atom. The molecule has 1 rings (SSSR count). The van der Waals surface area contributed by atoms with E-state index in [1.807, 2.05) is 0 Å². The molecule has 0 aromatic heterocycles. The van der Waals surface area contributed by atoms with Gasteiger partial charge in [-0.25, -0.2) is 12.7 Å². The first-order chi connectivity index (χ1) is 7.24. The number of nitrogens with zero attached hydrogens (tertiary/aromatic N) is 1. The SMILES string of the molecule is C=C(C)CS(=O)(=O)N1C[C@@H](C)[C@H](C(=O)O)C1. The molecule has 0 aromatic rings. The van der Waals surface area contributed by atoms with Gasteiger partial charge < -0.3 is 5.11 Å². The first-order valence-corrected chi connectivity index (χ1v) is 6.70. The third-order valence-corrected chi connectivity index (χ3v) is 4.66. The predicted octanol–water partition coefficient (Wildman–Crippen LogP) is 0.545. The molecule has 5 nitrogen and oxygen atoms in total. The number of rotatable bonds is 4. The van der Waals surface area contributed by atoms with Crippen LogP contribution in [-0.4, -0.2) is 42.6 Å². The van der Waals surface area contributed by atoms with Crippen molar-refractivity contribution in [2.45, 2.75) is 13.8 Å². The molecule has 16 heavy (non-hydrogen) atoms. The Kier molecular flexibility index (Phi) is 3.75. The van der Waals surface area contributed by atoms with E-state index in [0.29, 0.717) is 5.57 Å². The van der Waals surface area contributed by atoms with E-state index in [1.54, 1.807) is 13.8 Å². The number of carboxylic acids is 1. The maximum Gasteiger partial charge on any atom is 0.308 e. The third kappa shape index (κ3) is 2.82. The van der Waals surface area contributed by atoms with Gasteiger partial charge in [0, 0.05) is 13.1 Å². The van der Waals surface area contributed by atoms with Gasteiger partial charge in [0.2, 0.25) is 10.0 Å². The molecule has 1 aliphatic heterocycles. The lowest BCUT2D eigenvalue weighted by Crippen LogP contribution is -2.32. The van der Waals surface area contributed by atoms with Crippen LogP contribution in [-0.2, 0) is 14.8 Å². The summed E-state index contributed by atoms with van der Waals surface area (Å²) in [5.41, 5.74) is 0.562. The molecule has 92 valence electrons. The average molecular weight is 247 g/mol. The molecule has 0 aliphatic carbocycles. The lowest BCUT2D eigenvalue weighted by molar-refractivity contribution is -0.142. The fourth-order valence-corrected chi connectivity index (χ4v) is 3.53. The fraction of sp³-hybridized carbons (Fsp3) is 0.700. The smallest absolute Gasteiger partial charge is 0.308 e. The zero-order valence-corrected chi connectivity index (χ0v) is 10.3. The average Bonchev–Trinajstić information content (AvgIpc) is 2.45. The molecule has 0 bridgehead atoms. The Hall–Kier alpha value is -0.880. The summed E-state index contributed by atoms with van der Waals surface area (Å²) in [6.45, 7) is 7.33. The van der Waals surface area contributed by atoms with Crippen molar-refractivity contribution < 1.29 is 18.3 Å². The van der Waals surface area contributed by atoms with Crippen molar-refractivity contribution in [3.05, 3.63) is 12.2 Å². The number of hydrogen-bond donors (Lipinski definition) is 1. The van der Waals surface area contributed by atoms with Gasteiger partial charge in [0.05, 0.1) is 11.7 Å². The van der Waals surface area contributed by atoms with Crippen molar-refractivity contribution in [2.24, 2.45) is 11.8 Å². The van der Waals surface area contributed by atoms with Crippen LogP contribution in [0.25, 0.3) is 0 Å². The molecular formula is C10H17NO4S. The summed E-state index contributed by atoms with van der Waals surface area (Å²) in [6, 6.07) is 0. The molecule has 0 saturated carbocycles. The number of carbonyl (C=O) groups is 1. The van der Waals surface area contributed by atoms with E-state index in [0.717, 1.165) is 0 Å². The first kappa shape index (κ1) is 13.2. The van der Waals surface area contributed by atoms with E-state index in [9.17, 15) is 13.2 Å². The largest absolute Gasteiger partial charge is 0.481 e. The molecular weight excluding hydrogens is 230 g/mol. The van der Waals surface area contributed by atoms with Gasteiger partial charge in [0.15, 0.2) is 0 Å². The van der Waals surface area contributed by atoms with Gasteiger partial charge >= 0.3 is 5.97 Å². The highest BCUT2D eigenvalue weighted by Crippen LogP contribution is 2.26. The molecule has 1 heterocycles. The molecule has 0 amide bonds. The Morgan fingerprint density at radius 2 is 2.06 bits per heavy atom.